The predicted molar refractivity (Wildman–Crippen MR) is 108 cm³/mol. The summed E-state index contributed by atoms with van der Waals surface area (Å²) in [6.07, 6.45) is -0.0233. The number of esters is 1. The molecule has 0 saturated carbocycles. The third kappa shape index (κ3) is 4.54. The van der Waals surface area contributed by atoms with Crippen LogP contribution in [0.3, 0.4) is 0 Å². The summed E-state index contributed by atoms with van der Waals surface area (Å²) >= 11 is 3.34. The van der Waals surface area contributed by atoms with Gasteiger partial charge in [0.15, 0.2) is 11.5 Å². The van der Waals surface area contributed by atoms with Crippen LogP contribution >= 0.6 is 15.9 Å². The van der Waals surface area contributed by atoms with Crippen molar-refractivity contribution in [1.82, 2.24) is 0 Å². The number of carbonyl (C=O) groups is 1. The number of methoxy groups -OCH3 is 1. The lowest BCUT2D eigenvalue weighted by Crippen LogP contribution is -2.10. The molecule has 7 heteroatoms. The molecule has 0 aliphatic heterocycles. The van der Waals surface area contributed by atoms with Crippen LogP contribution in [-0.2, 0) is 11.3 Å². The number of hydrogen-bond donors (Lipinski definition) is 0. The fraction of sp³-hybridized carbons (Fsp3) is 0.238. The van der Waals surface area contributed by atoms with E-state index >= 15 is 0 Å². The van der Waals surface area contributed by atoms with Gasteiger partial charge >= 0.3 is 11.6 Å². The first-order valence-electron chi connectivity index (χ1n) is 8.61. The van der Waals surface area contributed by atoms with E-state index in [-0.39, 0.29) is 12.7 Å². The van der Waals surface area contributed by atoms with Gasteiger partial charge in [0.25, 0.3) is 0 Å². The molecule has 146 valence electrons. The fourth-order valence-electron chi connectivity index (χ4n) is 2.70. The Morgan fingerprint density at radius 1 is 1.11 bits per heavy atom. The Morgan fingerprint density at radius 3 is 2.61 bits per heavy atom. The van der Waals surface area contributed by atoms with Gasteiger partial charge in [-0.1, -0.05) is 15.9 Å². The first-order valence-corrected chi connectivity index (χ1v) is 9.41. The lowest BCUT2D eigenvalue weighted by Gasteiger charge is -2.14. The van der Waals surface area contributed by atoms with Crippen LogP contribution in [0.1, 0.15) is 29.8 Å². The van der Waals surface area contributed by atoms with Crippen molar-refractivity contribution in [2.24, 2.45) is 0 Å². The van der Waals surface area contributed by atoms with Crippen molar-refractivity contribution in [2.45, 2.75) is 26.6 Å². The number of benzene rings is 2. The summed E-state index contributed by atoms with van der Waals surface area (Å²) in [5.74, 6) is 0.456. The van der Waals surface area contributed by atoms with Crippen LogP contribution in [0.2, 0.25) is 0 Å². The molecule has 0 fully saturated rings. The highest BCUT2D eigenvalue weighted by molar-refractivity contribution is 9.10. The number of carbonyl (C=O) groups excluding carboxylic acids is 1. The maximum absolute atomic E-state index is 12.5. The van der Waals surface area contributed by atoms with Crippen molar-refractivity contribution in [3.63, 3.8) is 0 Å². The molecule has 28 heavy (non-hydrogen) atoms. The molecule has 1 aromatic heterocycles. The Bertz CT molecular complexity index is 1070. The molecule has 1 heterocycles. The van der Waals surface area contributed by atoms with E-state index in [9.17, 15) is 9.59 Å². The Kier molecular flexibility index (Phi) is 6.04. The zero-order chi connectivity index (χ0) is 20.3. The average Bonchev–Trinajstić information content (AvgIpc) is 2.65. The van der Waals surface area contributed by atoms with E-state index in [1.807, 2.05) is 19.9 Å². The molecule has 6 nitrogen and oxygen atoms in total. The molecule has 3 aromatic rings. The summed E-state index contributed by atoms with van der Waals surface area (Å²) < 4.78 is 22.3. The number of rotatable bonds is 6. The normalized spacial score (nSPS) is 10.9. The van der Waals surface area contributed by atoms with E-state index < -0.39 is 11.6 Å². The van der Waals surface area contributed by atoms with Crippen molar-refractivity contribution in [3.8, 4) is 11.5 Å². The molecule has 0 N–H and O–H groups in total. The van der Waals surface area contributed by atoms with E-state index in [2.05, 4.69) is 15.9 Å². The third-order valence-corrected chi connectivity index (χ3v) is 4.41. The molecular formula is C21H19BrO6. The van der Waals surface area contributed by atoms with Gasteiger partial charge in [-0.2, -0.15) is 0 Å². The maximum Gasteiger partial charge on any atom is 0.338 e. The Labute approximate surface area is 170 Å². The van der Waals surface area contributed by atoms with Gasteiger partial charge < -0.3 is 18.6 Å². The van der Waals surface area contributed by atoms with Gasteiger partial charge in [-0.05, 0) is 50.2 Å². The van der Waals surface area contributed by atoms with Crippen LogP contribution in [0.15, 0.2) is 56.1 Å². The highest BCUT2D eigenvalue weighted by Gasteiger charge is 2.15. The number of halogens is 1. The van der Waals surface area contributed by atoms with Gasteiger partial charge in [0.1, 0.15) is 12.2 Å². The summed E-state index contributed by atoms with van der Waals surface area (Å²) in [7, 11) is 1.51. The van der Waals surface area contributed by atoms with Crippen molar-refractivity contribution >= 4 is 32.9 Å². The Hall–Kier alpha value is -2.80. The van der Waals surface area contributed by atoms with Gasteiger partial charge in [0.05, 0.1) is 18.8 Å². The Balaban J connectivity index is 1.81. The minimum Gasteiger partial charge on any atom is -0.493 e. The van der Waals surface area contributed by atoms with Gasteiger partial charge in [0, 0.05) is 21.5 Å². The van der Waals surface area contributed by atoms with Crippen LogP contribution in [0, 0.1) is 0 Å². The summed E-state index contributed by atoms with van der Waals surface area (Å²) in [4.78, 5) is 24.3. The lowest BCUT2D eigenvalue weighted by molar-refractivity contribution is 0.0473. The maximum atomic E-state index is 12.5. The molecule has 0 atom stereocenters. The third-order valence-electron chi connectivity index (χ3n) is 3.91. The van der Waals surface area contributed by atoms with Crippen LogP contribution in [-0.4, -0.2) is 19.2 Å². The number of ether oxygens (including phenoxy) is 3. The molecule has 0 saturated heterocycles. The smallest absolute Gasteiger partial charge is 0.338 e. The first kappa shape index (κ1) is 19.9. The van der Waals surface area contributed by atoms with Gasteiger partial charge in [-0.3, -0.25) is 0 Å². The van der Waals surface area contributed by atoms with E-state index in [0.29, 0.717) is 33.6 Å². The van der Waals surface area contributed by atoms with E-state index in [4.69, 9.17) is 18.6 Å². The summed E-state index contributed by atoms with van der Waals surface area (Å²) in [5.41, 5.74) is 0.806. The molecule has 3 rings (SSSR count). The molecule has 2 aromatic carbocycles. The van der Waals surface area contributed by atoms with Crippen LogP contribution in [0.5, 0.6) is 11.5 Å². The second kappa shape index (κ2) is 8.48. The monoisotopic (exact) mass is 446 g/mol. The number of fused-ring (bicyclic) bond motifs is 1. The zero-order valence-corrected chi connectivity index (χ0v) is 17.2. The quantitative estimate of drug-likeness (QED) is 0.403. The summed E-state index contributed by atoms with van der Waals surface area (Å²) in [5, 5.41) is 0.703. The van der Waals surface area contributed by atoms with Crippen molar-refractivity contribution in [1.29, 1.82) is 0 Å². The molecular weight excluding hydrogens is 428 g/mol. The molecule has 0 radical (unpaired) electrons. The van der Waals surface area contributed by atoms with Crippen LogP contribution in [0.4, 0.5) is 0 Å². The largest absolute Gasteiger partial charge is 0.493 e. The van der Waals surface area contributed by atoms with Crippen molar-refractivity contribution in [2.75, 3.05) is 7.11 Å². The highest BCUT2D eigenvalue weighted by atomic mass is 79.9. The van der Waals surface area contributed by atoms with E-state index in [1.54, 1.807) is 30.3 Å². The SMILES string of the molecule is COc1cc(C(=O)OCc2cc(=O)oc3cc(Br)ccc23)ccc1OC(C)C. The zero-order valence-electron chi connectivity index (χ0n) is 15.7. The minimum absolute atomic E-state index is 0.0233. The van der Waals surface area contributed by atoms with Crippen molar-refractivity contribution < 1.29 is 23.4 Å². The second-order valence-corrected chi connectivity index (χ2v) is 7.26. The van der Waals surface area contributed by atoms with Crippen LogP contribution in [0.25, 0.3) is 11.0 Å². The molecule has 0 unspecified atom stereocenters. The van der Waals surface area contributed by atoms with Crippen molar-refractivity contribution in [3.05, 3.63) is 68.5 Å². The molecule has 0 amide bonds. The van der Waals surface area contributed by atoms with Crippen LogP contribution < -0.4 is 15.1 Å². The highest BCUT2D eigenvalue weighted by Crippen LogP contribution is 2.29. The summed E-state index contributed by atoms with van der Waals surface area (Å²) in [6, 6.07) is 11.5. The topological polar surface area (TPSA) is 75.0 Å². The van der Waals surface area contributed by atoms with E-state index in [1.165, 1.54) is 13.2 Å². The second-order valence-electron chi connectivity index (χ2n) is 6.34. The van der Waals surface area contributed by atoms with Gasteiger partial charge in [0.2, 0.25) is 0 Å². The molecule has 0 aliphatic carbocycles. The number of hydrogen-bond acceptors (Lipinski definition) is 6. The predicted octanol–water partition coefficient (Wildman–Crippen LogP) is 4.71. The van der Waals surface area contributed by atoms with Gasteiger partial charge in [-0.25, -0.2) is 9.59 Å². The molecule has 0 spiro atoms. The fourth-order valence-corrected chi connectivity index (χ4v) is 3.04. The molecule has 0 aliphatic rings. The molecule has 0 bridgehead atoms. The minimum atomic E-state index is -0.534. The standard InChI is InChI=1S/C21H19BrO6/c1-12(2)27-17-7-4-13(8-19(17)25-3)21(24)26-11-14-9-20(23)28-18-10-15(22)5-6-16(14)18/h4-10,12H,11H2,1-3H3. The first-order chi connectivity index (χ1) is 13.4. The van der Waals surface area contributed by atoms with Gasteiger partial charge in [-0.15, -0.1) is 0 Å². The lowest BCUT2D eigenvalue weighted by atomic mass is 10.1. The Morgan fingerprint density at radius 2 is 1.89 bits per heavy atom. The summed E-state index contributed by atoms with van der Waals surface area (Å²) in [6.45, 7) is 3.75. The average molecular weight is 447 g/mol. The van der Waals surface area contributed by atoms with E-state index in [0.717, 1.165) is 4.47 Å².